The molecule has 0 amide bonds. The van der Waals surface area contributed by atoms with E-state index in [2.05, 4.69) is 11.4 Å². The van der Waals surface area contributed by atoms with Crippen LogP contribution < -0.4 is 10.1 Å². The number of methoxy groups -OCH3 is 1. The molecule has 2 rings (SSSR count). The van der Waals surface area contributed by atoms with Gasteiger partial charge in [0, 0.05) is 17.6 Å². The number of aryl methyl sites for hydroxylation is 1. The number of nitrogens with one attached hydrogen (secondary N) is 1. The molecule has 2 aromatic carbocycles. The quantitative estimate of drug-likeness (QED) is 0.919. The minimum Gasteiger partial charge on any atom is -0.495 e. The highest BCUT2D eigenvalue weighted by Crippen LogP contribution is 2.31. The molecule has 0 bridgehead atoms. The van der Waals surface area contributed by atoms with Crippen molar-refractivity contribution in [3.05, 3.63) is 58.1 Å². The third kappa shape index (κ3) is 3.04. The molecule has 0 aliphatic carbocycles. The molecule has 20 heavy (non-hydrogen) atoms. The van der Waals surface area contributed by atoms with Crippen LogP contribution in [0.2, 0.25) is 5.02 Å². The molecule has 2 aromatic rings. The van der Waals surface area contributed by atoms with Crippen molar-refractivity contribution in [3.63, 3.8) is 0 Å². The zero-order valence-electron chi connectivity index (χ0n) is 11.4. The number of rotatable bonds is 4. The minimum absolute atomic E-state index is 0.557. The first-order valence-electron chi connectivity index (χ1n) is 6.21. The van der Waals surface area contributed by atoms with Crippen LogP contribution in [0.1, 0.15) is 16.7 Å². The van der Waals surface area contributed by atoms with Crippen LogP contribution >= 0.6 is 11.6 Å². The van der Waals surface area contributed by atoms with Gasteiger partial charge in [0.25, 0.3) is 0 Å². The van der Waals surface area contributed by atoms with E-state index in [1.165, 1.54) is 0 Å². The van der Waals surface area contributed by atoms with E-state index in [9.17, 15) is 0 Å². The molecule has 102 valence electrons. The van der Waals surface area contributed by atoms with Gasteiger partial charge in [-0.25, -0.2) is 0 Å². The molecular weight excluding hydrogens is 272 g/mol. The second kappa shape index (κ2) is 6.31. The zero-order valence-corrected chi connectivity index (χ0v) is 12.2. The summed E-state index contributed by atoms with van der Waals surface area (Å²) in [5, 5.41) is 13.0. The first-order chi connectivity index (χ1) is 9.65. The van der Waals surface area contributed by atoms with Crippen LogP contribution in [0, 0.1) is 18.3 Å². The number of nitriles is 1. The summed E-state index contributed by atoms with van der Waals surface area (Å²) in [6.45, 7) is 2.50. The molecule has 0 aromatic heterocycles. The van der Waals surface area contributed by atoms with Crippen molar-refractivity contribution in [3.8, 4) is 11.8 Å². The van der Waals surface area contributed by atoms with Gasteiger partial charge in [-0.05, 0) is 30.2 Å². The number of anilines is 1. The Hall–Kier alpha value is -2.18. The number of halogens is 1. The van der Waals surface area contributed by atoms with Gasteiger partial charge in [0.2, 0.25) is 0 Å². The van der Waals surface area contributed by atoms with E-state index in [0.717, 1.165) is 16.8 Å². The van der Waals surface area contributed by atoms with Crippen molar-refractivity contribution < 1.29 is 4.74 Å². The second-order valence-corrected chi connectivity index (χ2v) is 4.83. The SMILES string of the molecule is COc1cc(Cl)c(C)cc1NCc1ccccc1C#N. The fourth-order valence-electron chi connectivity index (χ4n) is 1.94. The Morgan fingerprint density at radius 1 is 1.30 bits per heavy atom. The molecule has 0 saturated carbocycles. The summed E-state index contributed by atoms with van der Waals surface area (Å²) >= 11 is 6.08. The van der Waals surface area contributed by atoms with Crippen LogP contribution in [0.25, 0.3) is 0 Å². The summed E-state index contributed by atoms with van der Waals surface area (Å²) in [5.74, 6) is 0.690. The largest absolute Gasteiger partial charge is 0.495 e. The van der Waals surface area contributed by atoms with Gasteiger partial charge >= 0.3 is 0 Å². The maximum absolute atomic E-state index is 9.08. The Morgan fingerprint density at radius 3 is 2.75 bits per heavy atom. The van der Waals surface area contributed by atoms with Crippen LogP contribution in [0.15, 0.2) is 36.4 Å². The average molecular weight is 287 g/mol. The van der Waals surface area contributed by atoms with E-state index in [4.69, 9.17) is 21.6 Å². The number of hydrogen-bond acceptors (Lipinski definition) is 3. The van der Waals surface area contributed by atoms with Gasteiger partial charge in [0.15, 0.2) is 0 Å². The Bertz CT molecular complexity index is 662. The Morgan fingerprint density at radius 2 is 2.05 bits per heavy atom. The van der Waals surface area contributed by atoms with E-state index in [-0.39, 0.29) is 0 Å². The summed E-state index contributed by atoms with van der Waals surface area (Å²) in [6.07, 6.45) is 0. The maximum atomic E-state index is 9.08. The van der Waals surface area contributed by atoms with Crippen molar-refractivity contribution in [2.45, 2.75) is 13.5 Å². The monoisotopic (exact) mass is 286 g/mol. The van der Waals surface area contributed by atoms with E-state index in [1.54, 1.807) is 19.2 Å². The maximum Gasteiger partial charge on any atom is 0.143 e. The smallest absolute Gasteiger partial charge is 0.143 e. The van der Waals surface area contributed by atoms with Gasteiger partial charge in [0.1, 0.15) is 5.75 Å². The third-order valence-electron chi connectivity index (χ3n) is 3.09. The molecule has 0 radical (unpaired) electrons. The van der Waals surface area contributed by atoms with Crippen molar-refractivity contribution in [2.75, 3.05) is 12.4 Å². The highest BCUT2D eigenvalue weighted by atomic mass is 35.5. The molecule has 4 heteroatoms. The summed E-state index contributed by atoms with van der Waals surface area (Å²) in [4.78, 5) is 0. The van der Waals surface area contributed by atoms with Gasteiger partial charge in [-0.3, -0.25) is 0 Å². The highest BCUT2D eigenvalue weighted by molar-refractivity contribution is 6.31. The average Bonchev–Trinajstić information content (AvgIpc) is 2.48. The summed E-state index contributed by atoms with van der Waals surface area (Å²) in [5.41, 5.74) is 3.46. The van der Waals surface area contributed by atoms with Crippen molar-refractivity contribution >= 4 is 17.3 Å². The van der Waals surface area contributed by atoms with E-state index >= 15 is 0 Å². The van der Waals surface area contributed by atoms with Crippen LogP contribution in [-0.4, -0.2) is 7.11 Å². The molecule has 0 unspecified atom stereocenters. The predicted molar refractivity (Wildman–Crippen MR) is 81.2 cm³/mol. The van der Waals surface area contributed by atoms with Gasteiger partial charge in [0.05, 0.1) is 24.4 Å². The molecular formula is C16H15ClN2O. The van der Waals surface area contributed by atoms with Crippen molar-refractivity contribution in [1.29, 1.82) is 5.26 Å². The van der Waals surface area contributed by atoms with E-state index in [1.807, 2.05) is 31.2 Å². The summed E-state index contributed by atoms with van der Waals surface area (Å²) < 4.78 is 5.31. The molecule has 0 fully saturated rings. The number of hydrogen-bond donors (Lipinski definition) is 1. The Balaban J connectivity index is 2.23. The standard InChI is InChI=1S/C16H15ClN2O/c1-11-7-15(16(20-2)8-14(11)17)19-10-13-6-4-3-5-12(13)9-18/h3-8,19H,10H2,1-2H3. The molecule has 0 heterocycles. The fourth-order valence-corrected chi connectivity index (χ4v) is 2.10. The van der Waals surface area contributed by atoms with Crippen molar-refractivity contribution in [2.24, 2.45) is 0 Å². The van der Waals surface area contributed by atoms with Gasteiger partial charge in [-0.2, -0.15) is 5.26 Å². The molecule has 0 aliphatic heterocycles. The van der Waals surface area contributed by atoms with Gasteiger partial charge in [-0.15, -0.1) is 0 Å². The predicted octanol–water partition coefficient (Wildman–Crippen LogP) is 4.14. The molecule has 1 N–H and O–H groups in total. The first-order valence-corrected chi connectivity index (χ1v) is 6.59. The van der Waals surface area contributed by atoms with Crippen LogP contribution in [-0.2, 0) is 6.54 Å². The van der Waals surface area contributed by atoms with Gasteiger partial charge < -0.3 is 10.1 Å². The lowest BCUT2D eigenvalue weighted by Crippen LogP contribution is -2.03. The molecule has 3 nitrogen and oxygen atoms in total. The van der Waals surface area contributed by atoms with Crippen LogP contribution in [0.4, 0.5) is 5.69 Å². The lowest BCUT2D eigenvalue weighted by Gasteiger charge is -2.13. The lowest BCUT2D eigenvalue weighted by molar-refractivity contribution is 0.416. The molecule has 0 spiro atoms. The number of benzene rings is 2. The summed E-state index contributed by atoms with van der Waals surface area (Å²) in [6, 6.07) is 13.4. The highest BCUT2D eigenvalue weighted by Gasteiger charge is 2.08. The Kier molecular flexibility index (Phi) is 4.49. The zero-order chi connectivity index (χ0) is 14.5. The Labute approximate surface area is 123 Å². The fraction of sp³-hybridized carbons (Fsp3) is 0.188. The van der Waals surface area contributed by atoms with Crippen LogP contribution in [0.3, 0.4) is 0 Å². The summed E-state index contributed by atoms with van der Waals surface area (Å²) in [7, 11) is 1.61. The van der Waals surface area contributed by atoms with E-state index in [0.29, 0.717) is 22.9 Å². The van der Waals surface area contributed by atoms with E-state index < -0.39 is 0 Å². The van der Waals surface area contributed by atoms with Gasteiger partial charge in [-0.1, -0.05) is 29.8 Å². The molecule has 0 saturated heterocycles. The third-order valence-corrected chi connectivity index (χ3v) is 3.50. The second-order valence-electron chi connectivity index (χ2n) is 4.42. The topological polar surface area (TPSA) is 45.0 Å². The first kappa shape index (κ1) is 14.2. The lowest BCUT2D eigenvalue weighted by atomic mass is 10.1. The molecule has 0 aliphatic rings. The van der Waals surface area contributed by atoms with Crippen molar-refractivity contribution in [1.82, 2.24) is 0 Å². The normalized spacial score (nSPS) is 9.90. The van der Waals surface area contributed by atoms with Crippen LogP contribution in [0.5, 0.6) is 5.75 Å². The molecule has 0 atom stereocenters. The minimum atomic E-state index is 0.557. The number of nitrogens with zero attached hydrogens (tertiary/aromatic N) is 1. The number of ether oxygens (including phenoxy) is 1.